The first-order valence-electron chi connectivity index (χ1n) is 11.3. The molecule has 2 aliphatic rings. The summed E-state index contributed by atoms with van der Waals surface area (Å²) < 4.78 is 47.1. The Bertz CT molecular complexity index is 1330. The van der Waals surface area contributed by atoms with Gasteiger partial charge in [0.2, 0.25) is 5.95 Å². The number of piperidine rings is 1. The molecule has 3 atom stereocenters. The van der Waals surface area contributed by atoms with Gasteiger partial charge in [0.05, 0.1) is 11.3 Å². The lowest BCUT2D eigenvalue weighted by Crippen LogP contribution is -2.44. The van der Waals surface area contributed by atoms with Crippen LogP contribution < -0.4 is 5.32 Å². The number of nitrogens with one attached hydrogen (secondary N) is 1. The number of benzene rings is 1. The predicted octanol–water partition coefficient (Wildman–Crippen LogP) is 5.11. The van der Waals surface area contributed by atoms with Crippen LogP contribution in [0.3, 0.4) is 0 Å². The van der Waals surface area contributed by atoms with Crippen molar-refractivity contribution in [2.45, 2.75) is 50.0 Å². The molecule has 2 saturated heterocycles. The smallest absolute Gasteiger partial charge is 0.416 e. The number of oxazole rings is 1. The molecule has 2 bridgehead atoms. The molecule has 2 aliphatic heterocycles. The van der Waals surface area contributed by atoms with Gasteiger partial charge in [0.15, 0.2) is 0 Å². The molecular formula is C24H23F3N6O. The molecule has 10 heteroatoms. The van der Waals surface area contributed by atoms with Gasteiger partial charge in [-0.05, 0) is 50.9 Å². The molecule has 2 fully saturated rings. The average molecular weight is 468 g/mol. The Balaban J connectivity index is 1.37. The van der Waals surface area contributed by atoms with Crippen molar-refractivity contribution in [3.63, 3.8) is 0 Å². The molecule has 34 heavy (non-hydrogen) atoms. The normalized spacial score (nSPS) is 23.0. The van der Waals surface area contributed by atoms with Gasteiger partial charge in [-0.15, -0.1) is 0 Å². The fourth-order valence-electron chi connectivity index (χ4n) is 5.35. The average Bonchev–Trinajstić information content (AvgIpc) is 3.45. The number of hydrogen-bond acceptors (Lipinski definition) is 6. The van der Waals surface area contributed by atoms with E-state index in [2.05, 4.69) is 27.2 Å². The summed E-state index contributed by atoms with van der Waals surface area (Å²) in [4.78, 5) is 16.1. The molecule has 4 aromatic rings. The van der Waals surface area contributed by atoms with Gasteiger partial charge in [-0.2, -0.15) is 18.2 Å². The molecule has 0 aliphatic carbocycles. The minimum atomic E-state index is -4.45. The van der Waals surface area contributed by atoms with Gasteiger partial charge in [-0.25, -0.2) is 9.97 Å². The molecule has 7 nitrogen and oxygen atoms in total. The number of halogens is 3. The topological polar surface area (TPSA) is 71.5 Å². The van der Waals surface area contributed by atoms with E-state index in [-0.39, 0.29) is 11.9 Å². The van der Waals surface area contributed by atoms with Crippen LogP contribution in [0, 0.1) is 0 Å². The molecule has 0 amide bonds. The van der Waals surface area contributed by atoms with E-state index in [0.717, 1.165) is 25.0 Å². The Morgan fingerprint density at radius 2 is 1.88 bits per heavy atom. The third-order valence-electron chi connectivity index (χ3n) is 7.06. The van der Waals surface area contributed by atoms with E-state index in [4.69, 9.17) is 9.40 Å². The Morgan fingerprint density at radius 3 is 2.65 bits per heavy atom. The van der Waals surface area contributed by atoms with Crippen LogP contribution in [0.1, 0.15) is 31.2 Å². The van der Waals surface area contributed by atoms with E-state index in [1.807, 2.05) is 0 Å². The van der Waals surface area contributed by atoms with Crippen molar-refractivity contribution < 1.29 is 17.6 Å². The van der Waals surface area contributed by atoms with Crippen molar-refractivity contribution in [1.29, 1.82) is 0 Å². The Morgan fingerprint density at radius 1 is 1.09 bits per heavy atom. The number of aromatic nitrogens is 4. The van der Waals surface area contributed by atoms with Crippen molar-refractivity contribution in [3.8, 4) is 22.6 Å². The van der Waals surface area contributed by atoms with Gasteiger partial charge in [0, 0.05) is 36.1 Å². The maximum absolute atomic E-state index is 13.3. The van der Waals surface area contributed by atoms with E-state index in [9.17, 15) is 13.2 Å². The molecule has 1 aromatic carbocycles. The molecule has 0 unspecified atom stereocenters. The largest absolute Gasteiger partial charge is 0.432 e. The molecule has 6 rings (SSSR count). The minimum Gasteiger partial charge on any atom is -0.432 e. The Kier molecular flexibility index (Phi) is 4.87. The van der Waals surface area contributed by atoms with Crippen LogP contribution in [-0.4, -0.2) is 49.4 Å². The quantitative estimate of drug-likeness (QED) is 0.449. The highest BCUT2D eigenvalue weighted by Gasteiger charge is 2.38. The molecule has 1 N–H and O–H groups in total. The van der Waals surface area contributed by atoms with Crippen molar-refractivity contribution in [2.24, 2.45) is 0 Å². The van der Waals surface area contributed by atoms with Crippen LogP contribution in [-0.2, 0) is 6.18 Å². The summed E-state index contributed by atoms with van der Waals surface area (Å²) >= 11 is 0. The summed E-state index contributed by atoms with van der Waals surface area (Å²) in [5.41, 5.74) is 1.07. The van der Waals surface area contributed by atoms with E-state index in [1.54, 1.807) is 28.9 Å². The molecule has 3 aromatic heterocycles. The van der Waals surface area contributed by atoms with Crippen molar-refractivity contribution in [2.75, 3.05) is 12.4 Å². The van der Waals surface area contributed by atoms with Gasteiger partial charge in [0.1, 0.15) is 17.7 Å². The lowest BCUT2D eigenvalue weighted by atomic mass is 9.98. The fraction of sp³-hybridized carbons (Fsp3) is 0.375. The molecule has 0 radical (unpaired) electrons. The highest BCUT2D eigenvalue weighted by molar-refractivity contribution is 5.80. The summed E-state index contributed by atoms with van der Waals surface area (Å²) in [5.74, 6) is 0.780. The van der Waals surface area contributed by atoms with Gasteiger partial charge in [0.25, 0.3) is 0 Å². The number of alkyl halides is 3. The number of fused-ring (bicyclic) bond motifs is 3. The second-order valence-corrected chi connectivity index (χ2v) is 9.07. The molecule has 0 saturated carbocycles. The first-order chi connectivity index (χ1) is 16.4. The number of rotatable bonds is 4. The van der Waals surface area contributed by atoms with Crippen LogP contribution in [0.15, 0.2) is 53.4 Å². The van der Waals surface area contributed by atoms with E-state index in [0.29, 0.717) is 40.7 Å². The number of hydrogen-bond donors (Lipinski definition) is 1. The lowest BCUT2D eigenvalue weighted by Gasteiger charge is -2.36. The monoisotopic (exact) mass is 468 g/mol. The molecule has 5 heterocycles. The van der Waals surface area contributed by atoms with Crippen LogP contribution >= 0.6 is 0 Å². The van der Waals surface area contributed by atoms with Gasteiger partial charge in [-0.3, -0.25) is 4.40 Å². The zero-order valence-corrected chi connectivity index (χ0v) is 18.5. The maximum Gasteiger partial charge on any atom is 0.416 e. The third kappa shape index (κ3) is 3.62. The number of imidazole rings is 1. The maximum atomic E-state index is 13.3. The first-order valence-corrected chi connectivity index (χ1v) is 11.3. The molecule has 0 spiro atoms. The summed E-state index contributed by atoms with van der Waals surface area (Å²) in [5, 5.41) is 3.48. The van der Waals surface area contributed by atoms with Crippen LogP contribution in [0.2, 0.25) is 0 Å². The number of anilines is 1. The summed E-state index contributed by atoms with van der Waals surface area (Å²) in [7, 11) is 2.20. The second kappa shape index (κ2) is 7.83. The zero-order chi connectivity index (χ0) is 23.4. The molecule has 176 valence electrons. The standard InChI is InChI=1S/C24H23F3N6O/c1-32-17-5-6-18(32)13-16(12-17)29-22-28-8-7-19(30-22)21-20(31-23-33(21)9-10-34-23)14-3-2-4-15(11-14)24(25,26)27/h2-4,7-11,16-18H,5-6,12-13H2,1H3,(H,28,29,30)/t16-,17+,18-. The van der Waals surface area contributed by atoms with Gasteiger partial charge >= 0.3 is 12.0 Å². The fourth-order valence-corrected chi connectivity index (χ4v) is 5.35. The second-order valence-electron chi connectivity index (χ2n) is 9.07. The van der Waals surface area contributed by atoms with E-state index >= 15 is 0 Å². The van der Waals surface area contributed by atoms with Gasteiger partial charge in [-0.1, -0.05) is 12.1 Å². The summed E-state index contributed by atoms with van der Waals surface area (Å²) in [6.07, 6.45) is 4.88. The van der Waals surface area contributed by atoms with Crippen molar-refractivity contribution >= 4 is 11.8 Å². The highest BCUT2D eigenvalue weighted by Crippen LogP contribution is 2.37. The SMILES string of the molecule is CN1[C@@H]2CC[C@H]1C[C@@H](Nc1nccc(-c3c(-c4cccc(C(F)(F)F)c4)nc4occn34)n1)C2. The van der Waals surface area contributed by atoms with Crippen molar-refractivity contribution in [1.82, 2.24) is 24.3 Å². The number of nitrogens with zero attached hydrogens (tertiary/aromatic N) is 5. The Hall–Kier alpha value is -3.40. The first kappa shape index (κ1) is 21.2. The summed E-state index contributed by atoms with van der Waals surface area (Å²) in [6.45, 7) is 0. The van der Waals surface area contributed by atoms with Crippen LogP contribution in [0.5, 0.6) is 0 Å². The predicted molar refractivity (Wildman–Crippen MR) is 120 cm³/mol. The summed E-state index contributed by atoms with van der Waals surface area (Å²) in [6, 6.07) is 8.30. The lowest BCUT2D eigenvalue weighted by molar-refractivity contribution is -0.137. The highest BCUT2D eigenvalue weighted by atomic mass is 19.4. The van der Waals surface area contributed by atoms with E-state index in [1.165, 1.54) is 25.2 Å². The third-order valence-corrected chi connectivity index (χ3v) is 7.06. The Labute approximate surface area is 193 Å². The zero-order valence-electron chi connectivity index (χ0n) is 18.5. The minimum absolute atomic E-state index is 0.280. The van der Waals surface area contributed by atoms with E-state index < -0.39 is 11.7 Å². The van der Waals surface area contributed by atoms with Crippen LogP contribution in [0.4, 0.5) is 19.1 Å². The molecular weight excluding hydrogens is 445 g/mol. The van der Waals surface area contributed by atoms with Crippen LogP contribution in [0.25, 0.3) is 28.5 Å². The van der Waals surface area contributed by atoms with Gasteiger partial charge < -0.3 is 14.6 Å². The van der Waals surface area contributed by atoms with Crippen molar-refractivity contribution in [3.05, 3.63) is 54.6 Å².